The number of aromatic nitrogens is 1. The van der Waals surface area contributed by atoms with Crippen molar-refractivity contribution in [3.8, 4) is 11.5 Å². The Balaban J connectivity index is 1.69. The first-order chi connectivity index (χ1) is 9.26. The minimum atomic E-state index is 0.266. The summed E-state index contributed by atoms with van der Waals surface area (Å²) in [5.74, 6) is 2.44. The van der Waals surface area contributed by atoms with Gasteiger partial charge in [0.05, 0.1) is 6.04 Å². The molecule has 100 valence electrons. The molecule has 0 amide bonds. The van der Waals surface area contributed by atoms with Gasteiger partial charge in [-0.25, -0.2) is 0 Å². The van der Waals surface area contributed by atoms with E-state index in [4.69, 9.17) is 14.0 Å². The molecule has 0 bridgehead atoms. The van der Waals surface area contributed by atoms with Gasteiger partial charge in [-0.1, -0.05) is 5.16 Å². The number of ether oxygens (including phenoxy) is 2. The summed E-state index contributed by atoms with van der Waals surface area (Å²) in [6.07, 6.45) is 0. The molecular formula is C14H16N2O3. The molecule has 0 aliphatic carbocycles. The van der Waals surface area contributed by atoms with Crippen molar-refractivity contribution in [3.05, 3.63) is 41.3 Å². The van der Waals surface area contributed by atoms with Gasteiger partial charge in [0.25, 0.3) is 0 Å². The summed E-state index contributed by atoms with van der Waals surface area (Å²) in [5, 5.41) is 7.10. The topological polar surface area (TPSA) is 56.5 Å². The van der Waals surface area contributed by atoms with Crippen LogP contribution in [0.4, 0.5) is 0 Å². The Morgan fingerprint density at radius 1 is 1.42 bits per heavy atom. The fraction of sp³-hybridized carbons (Fsp3) is 0.357. The van der Waals surface area contributed by atoms with Crippen LogP contribution < -0.4 is 14.8 Å². The Kier molecular flexibility index (Phi) is 3.13. The van der Waals surface area contributed by atoms with E-state index < -0.39 is 0 Å². The Morgan fingerprint density at radius 3 is 3.05 bits per heavy atom. The third kappa shape index (κ3) is 2.42. The number of hydrogen-bond acceptors (Lipinski definition) is 5. The molecule has 5 heteroatoms. The normalized spacial score (nSPS) is 17.1. The van der Waals surface area contributed by atoms with Crippen LogP contribution in [0.2, 0.25) is 0 Å². The molecule has 1 aliphatic heterocycles. The van der Waals surface area contributed by atoms with Gasteiger partial charge in [-0.15, -0.1) is 0 Å². The average Bonchev–Trinajstić information content (AvgIpc) is 3.01. The van der Waals surface area contributed by atoms with Gasteiger partial charge in [0.2, 0.25) is 0 Å². The maximum absolute atomic E-state index is 5.68. The third-order valence-electron chi connectivity index (χ3n) is 3.18. The summed E-state index contributed by atoms with van der Waals surface area (Å²) < 4.78 is 16.3. The van der Waals surface area contributed by atoms with Crippen LogP contribution in [0.15, 0.2) is 28.8 Å². The predicted molar refractivity (Wildman–Crippen MR) is 69.3 cm³/mol. The first kappa shape index (κ1) is 12.0. The van der Waals surface area contributed by atoms with Gasteiger partial charge < -0.3 is 19.3 Å². The van der Waals surface area contributed by atoms with Crippen molar-refractivity contribution in [3.63, 3.8) is 0 Å². The van der Waals surface area contributed by atoms with Gasteiger partial charge >= 0.3 is 0 Å². The molecule has 2 aromatic rings. The number of benzene rings is 1. The lowest BCUT2D eigenvalue weighted by Crippen LogP contribution is -2.17. The molecule has 19 heavy (non-hydrogen) atoms. The number of fused-ring (bicyclic) bond motifs is 1. The third-order valence-corrected chi connectivity index (χ3v) is 3.18. The maximum atomic E-state index is 5.68. The lowest BCUT2D eigenvalue weighted by molar-refractivity contribution is 0.284. The summed E-state index contributed by atoms with van der Waals surface area (Å²) in [4.78, 5) is 0. The minimum absolute atomic E-state index is 0.266. The molecular weight excluding hydrogens is 244 g/mol. The summed E-state index contributed by atoms with van der Waals surface area (Å²) >= 11 is 0. The number of likely N-dealkylation sites (N-methyl/N-ethyl adjacent to an activating group) is 1. The Labute approximate surface area is 111 Å². The second-order valence-electron chi connectivity index (χ2n) is 4.57. The van der Waals surface area contributed by atoms with Gasteiger partial charge in [0.1, 0.15) is 36.2 Å². The van der Waals surface area contributed by atoms with E-state index in [9.17, 15) is 0 Å². The van der Waals surface area contributed by atoms with Crippen LogP contribution in [0.1, 0.15) is 23.1 Å². The monoisotopic (exact) mass is 260 g/mol. The Bertz CT molecular complexity index is 580. The highest BCUT2D eigenvalue weighted by Crippen LogP contribution is 2.35. The molecule has 1 atom stereocenters. The maximum Gasteiger partial charge on any atom is 0.134 e. The van der Waals surface area contributed by atoms with Gasteiger partial charge in [-0.05, 0) is 26.1 Å². The number of rotatable bonds is 4. The zero-order chi connectivity index (χ0) is 13.2. The van der Waals surface area contributed by atoms with Crippen LogP contribution in [0.3, 0.4) is 0 Å². The first-order valence-corrected chi connectivity index (χ1v) is 6.25. The molecule has 5 nitrogen and oxygen atoms in total. The van der Waals surface area contributed by atoms with Crippen molar-refractivity contribution in [2.24, 2.45) is 0 Å². The molecule has 0 radical (unpaired) electrons. The predicted octanol–water partition coefficient (Wildman–Crippen LogP) is 2.21. The second-order valence-corrected chi connectivity index (χ2v) is 4.57. The van der Waals surface area contributed by atoms with Crippen LogP contribution in [0.25, 0.3) is 0 Å². The molecule has 2 heterocycles. The molecule has 1 aromatic carbocycles. The van der Waals surface area contributed by atoms with E-state index >= 15 is 0 Å². The van der Waals surface area contributed by atoms with E-state index in [2.05, 4.69) is 10.5 Å². The lowest BCUT2D eigenvalue weighted by Gasteiger charge is -2.08. The van der Waals surface area contributed by atoms with E-state index in [0.717, 1.165) is 23.0 Å². The van der Waals surface area contributed by atoms with Crippen molar-refractivity contribution in [2.75, 3.05) is 13.7 Å². The van der Waals surface area contributed by atoms with Crippen molar-refractivity contribution in [1.82, 2.24) is 10.5 Å². The van der Waals surface area contributed by atoms with Crippen molar-refractivity contribution < 1.29 is 14.0 Å². The van der Waals surface area contributed by atoms with Gasteiger partial charge in [0.15, 0.2) is 0 Å². The van der Waals surface area contributed by atoms with Crippen molar-refractivity contribution in [1.29, 1.82) is 0 Å². The second kappa shape index (κ2) is 4.93. The fourth-order valence-corrected chi connectivity index (χ4v) is 2.16. The standard InChI is InChI=1S/C14H16N2O3/c1-9-5-10(16-19-9)7-17-11-3-4-12-13(15-2)8-18-14(12)6-11/h3-6,13,15H,7-8H2,1-2H3. The SMILES string of the molecule is CNC1COc2cc(OCc3cc(C)on3)ccc21. The van der Waals surface area contributed by atoms with E-state index in [1.54, 1.807) is 0 Å². The van der Waals surface area contributed by atoms with Gasteiger partial charge in [-0.3, -0.25) is 0 Å². The van der Waals surface area contributed by atoms with Crippen LogP contribution in [0.5, 0.6) is 11.5 Å². The van der Waals surface area contributed by atoms with Crippen LogP contribution in [-0.2, 0) is 6.61 Å². The van der Waals surface area contributed by atoms with Crippen LogP contribution in [0, 0.1) is 6.92 Å². The molecule has 1 N–H and O–H groups in total. The molecule has 1 aliphatic rings. The molecule has 1 aromatic heterocycles. The lowest BCUT2D eigenvalue weighted by atomic mass is 10.1. The number of nitrogens with zero attached hydrogens (tertiary/aromatic N) is 1. The van der Waals surface area contributed by atoms with Crippen molar-refractivity contribution >= 4 is 0 Å². The molecule has 0 spiro atoms. The minimum Gasteiger partial charge on any atom is -0.491 e. The fourth-order valence-electron chi connectivity index (χ4n) is 2.16. The van der Waals surface area contributed by atoms with E-state index in [1.807, 2.05) is 38.2 Å². The highest BCUT2D eigenvalue weighted by molar-refractivity contribution is 5.45. The zero-order valence-electron chi connectivity index (χ0n) is 11.0. The van der Waals surface area contributed by atoms with E-state index in [1.165, 1.54) is 5.56 Å². The van der Waals surface area contributed by atoms with Gasteiger partial charge in [0, 0.05) is 17.7 Å². The highest BCUT2D eigenvalue weighted by Gasteiger charge is 2.22. The Hall–Kier alpha value is -2.01. The molecule has 0 saturated heterocycles. The van der Waals surface area contributed by atoms with E-state index in [0.29, 0.717) is 13.2 Å². The average molecular weight is 260 g/mol. The first-order valence-electron chi connectivity index (χ1n) is 6.25. The quantitative estimate of drug-likeness (QED) is 0.913. The Morgan fingerprint density at radius 2 is 2.32 bits per heavy atom. The summed E-state index contributed by atoms with van der Waals surface area (Å²) in [6, 6.07) is 8.03. The largest absolute Gasteiger partial charge is 0.491 e. The summed E-state index contributed by atoms with van der Waals surface area (Å²) in [5.41, 5.74) is 1.96. The molecule has 0 fully saturated rings. The number of hydrogen-bond donors (Lipinski definition) is 1. The molecule has 0 saturated carbocycles. The van der Waals surface area contributed by atoms with Gasteiger partial charge in [-0.2, -0.15) is 0 Å². The van der Waals surface area contributed by atoms with E-state index in [-0.39, 0.29) is 6.04 Å². The number of aryl methyl sites for hydroxylation is 1. The number of nitrogens with one attached hydrogen (secondary N) is 1. The zero-order valence-corrected chi connectivity index (χ0v) is 11.0. The summed E-state index contributed by atoms with van der Waals surface area (Å²) in [6.45, 7) is 2.92. The van der Waals surface area contributed by atoms with Crippen molar-refractivity contribution in [2.45, 2.75) is 19.6 Å². The van der Waals surface area contributed by atoms with Crippen LogP contribution >= 0.6 is 0 Å². The summed E-state index contributed by atoms with van der Waals surface area (Å²) in [7, 11) is 1.93. The highest BCUT2D eigenvalue weighted by atomic mass is 16.5. The smallest absolute Gasteiger partial charge is 0.134 e. The molecule has 1 unspecified atom stereocenters. The van der Waals surface area contributed by atoms with Crippen LogP contribution in [-0.4, -0.2) is 18.8 Å². The molecule has 3 rings (SSSR count).